The van der Waals surface area contributed by atoms with Gasteiger partial charge in [0.25, 0.3) is 5.60 Å². The minimum absolute atomic E-state index is 0.863. The highest BCUT2D eigenvalue weighted by Gasteiger charge is 2.47. The topological polar surface area (TPSA) is 94.8 Å². The van der Waals surface area contributed by atoms with E-state index < -0.39 is 23.5 Å². The third kappa shape index (κ3) is 1.48. The van der Waals surface area contributed by atoms with E-state index in [1.54, 1.807) is 0 Å². The van der Waals surface area contributed by atoms with Crippen LogP contribution in [0.15, 0.2) is 0 Å². The summed E-state index contributed by atoms with van der Waals surface area (Å²) in [5, 5.41) is 25.7. The van der Waals surface area contributed by atoms with Crippen LogP contribution in [-0.2, 0) is 9.59 Å². The van der Waals surface area contributed by atoms with Gasteiger partial charge in [-0.25, -0.2) is 9.59 Å². The van der Waals surface area contributed by atoms with Crippen LogP contribution in [0, 0.1) is 5.92 Å². The number of aliphatic hydroxyl groups is 1. The summed E-state index contributed by atoms with van der Waals surface area (Å²) in [7, 11) is 0. The van der Waals surface area contributed by atoms with Crippen LogP contribution in [-0.4, -0.2) is 32.9 Å². The Balaban J connectivity index is 4.82. The second kappa shape index (κ2) is 2.87. The molecule has 0 aromatic heterocycles. The molecule has 3 N–H and O–H groups in total. The summed E-state index contributed by atoms with van der Waals surface area (Å²) in [6, 6.07) is 0. The van der Waals surface area contributed by atoms with Crippen LogP contribution in [0.1, 0.15) is 13.8 Å². The summed E-state index contributed by atoms with van der Waals surface area (Å²) in [6.07, 6.45) is 0. The average Bonchev–Trinajstić information content (AvgIpc) is 1.84. The molecule has 0 saturated carbocycles. The zero-order valence-electron chi connectivity index (χ0n) is 6.24. The number of hydrogen-bond donors (Lipinski definition) is 3. The van der Waals surface area contributed by atoms with Crippen LogP contribution in [0.25, 0.3) is 0 Å². The number of carboxylic acid groups (broad SMARTS) is 2. The minimum atomic E-state index is -2.67. The fourth-order valence-electron chi connectivity index (χ4n) is 0.585. The molecule has 0 fully saturated rings. The highest BCUT2D eigenvalue weighted by Crippen LogP contribution is 2.17. The molecule has 0 aromatic carbocycles. The lowest BCUT2D eigenvalue weighted by atomic mass is 9.91. The van der Waals surface area contributed by atoms with Crippen molar-refractivity contribution in [1.29, 1.82) is 0 Å². The van der Waals surface area contributed by atoms with E-state index in [0.29, 0.717) is 0 Å². The molecule has 0 amide bonds. The summed E-state index contributed by atoms with van der Waals surface area (Å²) < 4.78 is 0. The minimum Gasteiger partial charge on any atom is -0.479 e. The van der Waals surface area contributed by atoms with E-state index in [2.05, 4.69) is 0 Å². The van der Waals surface area contributed by atoms with Crippen molar-refractivity contribution in [3.8, 4) is 0 Å². The first-order valence-electron chi connectivity index (χ1n) is 3.02. The molecular formula is C6H10O5. The van der Waals surface area contributed by atoms with E-state index in [1.807, 2.05) is 0 Å². The van der Waals surface area contributed by atoms with Crippen molar-refractivity contribution >= 4 is 11.9 Å². The zero-order valence-corrected chi connectivity index (χ0v) is 6.24. The Morgan fingerprint density at radius 2 is 1.45 bits per heavy atom. The Labute approximate surface area is 63.3 Å². The average molecular weight is 162 g/mol. The van der Waals surface area contributed by atoms with E-state index in [4.69, 9.17) is 15.3 Å². The molecule has 11 heavy (non-hydrogen) atoms. The molecule has 0 rings (SSSR count). The first-order valence-corrected chi connectivity index (χ1v) is 3.02. The highest BCUT2D eigenvalue weighted by molar-refractivity contribution is 6.01. The first-order chi connectivity index (χ1) is 4.83. The first kappa shape index (κ1) is 9.90. The normalized spacial score (nSPS) is 11.6. The van der Waals surface area contributed by atoms with Gasteiger partial charge in [0, 0.05) is 5.92 Å². The molecule has 0 saturated heterocycles. The fourth-order valence-corrected chi connectivity index (χ4v) is 0.585. The number of carboxylic acids is 2. The lowest BCUT2D eigenvalue weighted by molar-refractivity contribution is -0.181. The smallest absolute Gasteiger partial charge is 0.347 e. The SMILES string of the molecule is CC(C)C(O)(C(=O)O)C(=O)O. The van der Waals surface area contributed by atoms with Gasteiger partial charge in [0.05, 0.1) is 0 Å². The van der Waals surface area contributed by atoms with E-state index >= 15 is 0 Å². The van der Waals surface area contributed by atoms with Gasteiger partial charge in [-0.3, -0.25) is 0 Å². The predicted octanol–water partition coefficient (Wildman–Crippen LogP) is -0.457. The second-order valence-electron chi connectivity index (χ2n) is 2.53. The lowest BCUT2D eigenvalue weighted by Gasteiger charge is -2.21. The summed E-state index contributed by atoms with van der Waals surface area (Å²) >= 11 is 0. The molecule has 5 nitrogen and oxygen atoms in total. The standard InChI is InChI=1S/C6H10O5/c1-3(2)6(11,4(7)8)5(9)10/h3,11H,1-2H3,(H,7,8)(H,9,10). The van der Waals surface area contributed by atoms with Gasteiger partial charge in [0.15, 0.2) is 0 Å². The molecule has 0 aromatic rings. The van der Waals surface area contributed by atoms with E-state index in [1.165, 1.54) is 13.8 Å². The van der Waals surface area contributed by atoms with Gasteiger partial charge in [0.2, 0.25) is 0 Å². The molecule has 5 heteroatoms. The monoisotopic (exact) mass is 162 g/mol. The maximum absolute atomic E-state index is 10.3. The van der Waals surface area contributed by atoms with Crippen molar-refractivity contribution in [2.45, 2.75) is 19.4 Å². The van der Waals surface area contributed by atoms with Crippen molar-refractivity contribution < 1.29 is 24.9 Å². The Kier molecular flexibility index (Phi) is 2.59. The van der Waals surface area contributed by atoms with Crippen molar-refractivity contribution in [1.82, 2.24) is 0 Å². The zero-order chi connectivity index (χ0) is 9.23. The van der Waals surface area contributed by atoms with Crippen molar-refractivity contribution in [2.75, 3.05) is 0 Å². The Morgan fingerprint density at radius 1 is 1.18 bits per heavy atom. The summed E-state index contributed by atoms with van der Waals surface area (Å²) in [5.74, 6) is -4.34. The Bertz CT molecular complexity index is 169. The quantitative estimate of drug-likeness (QED) is 0.488. The van der Waals surface area contributed by atoms with Gasteiger partial charge < -0.3 is 15.3 Å². The third-order valence-electron chi connectivity index (χ3n) is 1.49. The van der Waals surface area contributed by atoms with E-state index in [9.17, 15) is 9.59 Å². The molecule has 0 aliphatic carbocycles. The molecule has 0 aliphatic heterocycles. The second-order valence-corrected chi connectivity index (χ2v) is 2.53. The summed E-state index contributed by atoms with van der Waals surface area (Å²) in [6.45, 7) is 2.64. The van der Waals surface area contributed by atoms with E-state index in [0.717, 1.165) is 0 Å². The number of hydrogen-bond acceptors (Lipinski definition) is 3. The number of aliphatic carboxylic acids is 2. The fraction of sp³-hybridized carbons (Fsp3) is 0.667. The maximum atomic E-state index is 10.3. The summed E-state index contributed by atoms with van der Waals surface area (Å²) in [5.41, 5.74) is -2.67. The van der Waals surface area contributed by atoms with Crippen LogP contribution in [0.5, 0.6) is 0 Å². The number of rotatable bonds is 3. The van der Waals surface area contributed by atoms with Crippen LogP contribution >= 0.6 is 0 Å². The van der Waals surface area contributed by atoms with Gasteiger partial charge in [-0.05, 0) is 0 Å². The number of carbonyl (C=O) groups is 2. The van der Waals surface area contributed by atoms with Crippen LogP contribution in [0.2, 0.25) is 0 Å². The third-order valence-corrected chi connectivity index (χ3v) is 1.49. The van der Waals surface area contributed by atoms with Gasteiger partial charge >= 0.3 is 11.9 Å². The lowest BCUT2D eigenvalue weighted by Crippen LogP contribution is -2.50. The van der Waals surface area contributed by atoms with Crippen LogP contribution < -0.4 is 0 Å². The maximum Gasteiger partial charge on any atom is 0.347 e. The van der Waals surface area contributed by atoms with Crippen molar-refractivity contribution in [2.24, 2.45) is 5.92 Å². The van der Waals surface area contributed by atoms with Gasteiger partial charge in [0.1, 0.15) is 0 Å². The molecule has 0 radical (unpaired) electrons. The molecule has 0 spiro atoms. The molecule has 0 heterocycles. The van der Waals surface area contributed by atoms with Gasteiger partial charge in [-0.1, -0.05) is 13.8 Å². The van der Waals surface area contributed by atoms with Crippen LogP contribution in [0.3, 0.4) is 0 Å². The molecule has 0 bridgehead atoms. The summed E-state index contributed by atoms with van der Waals surface area (Å²) in [4.78, 5) is 20.5. The molecule has 64 valence electrons. The predicted molar refractivity (Wildman–Crippen MR) is 35.1 cm³/mol. The van der Waals surface area contributed by atoms with Crippen molar-refractivity contribution in [3.05, 3.63) is 0 Å². The largest absolute Gasteiger partial charge is 0.479 e. The molecule has 0 aliphatic rings. The highest BCUT2D eigenvalue weighted by atomic mass is 16.4. The Morgan fingerprint density at radius 3 is 1.45 bits per heavy atom. The van der Waals surface area contributed by atoms with Crippen LogP contribution in [0.4, 0.5) is 0 Å². The molecule has 0 unspecified atom stereocenters. The van der Waals surface area contributed by atoms with Gasteiger partial charge in [-0.15, -0.1) is 0 Å². The van der Waals surface area contributed by atoms with E-state index in [-0.39, 0.29) is 0 Å². The molecular weight excluding hydrogens is 152 g/mol. The molecule has 0 atom stereocenters. The Hall–Kier alpha value is -1.10. The van der Waals surface area contributed by atoms with Gasteiger partial charge in [-0.2, -0.15) is 0 Å². The van der Waals surface area contributed by atoms with Crippen molar-refractivity contribution in [3.63, 3.8) is 0 Å².